The second kappa shape index (κ2) is 8.71. The topological polar surface area (TPSA) is 93.2 Å². The Bertz CT molecular complexity index is 861. The molecule has 0 aliphatic carbocycles. The number of methoxy groups -OCH3 is 2. The van der Waals surface area contributed by atoms with Crippen LogP contribution in [0, 0.1) is 0 Å². The molecule has 2 amide bonds. The summed E-state index contributed by atoms with van der Waals surface area (Å²) in [5.74, 6) is -0.0876. The third kappa shape index (κ3) is 4.25. The molecule has 3 rings (SSSR count). The zero-order valence-electron chi connectivity index (χ0n) is 16.9. The van der Waals surface area contributed by atoms with Gasteiger partial charge in [-0.2, -0.15) is 0 Å². The number of sulfone groups is 1. The molecule has 2 aliphatic heterocycles. The zero-order valence-corrected chi connectivity index (χ0v) is 17.7. The van der Waals surface area contributed by atoms with Gasteiger partial charge in [-0.25, -0.2) is 8.42 Å². The van der Waals surface area contributed by atoms with Gasteiger partial charge in [0, 0.05) is 46.0 Å². The molecule has 0 aromatic heterocycles. The van der Waals surface area contributed by atoms with Crippen molar-refractivity contribution in [1.82, 2.24) is 9.80 Å². The molecule has 2 aliphatic rings. The van der Waals surface area contributed by atoms with E-state index in [1.54, 1.807) is 12.0 Å². The first kappa shape index (κ1) is 21.6. The van der Waals surface area contributed by atoms with Gasteiger partial charge in [0.15, 0.2) is 9.84 Å². The van der Waals surface area contributed by atoms with Gasteiger partial charge >= 0.3 is 0 Å². The van der Waals surface area contributed by atoms with E-state index in [2.05, 4.69) is 0 Å². The van der Waals surface area contributed by atoms with E-state index in [1.165, 1.54) is 12.0 Å². The van der Waals surface area contributed by atoms with E-state index in [1.807, 2.05) is 24.3 Å². The van der Waals surface area contributed by atoms with Crippen LogP contribution in [0.15, 0.2) is 24.3 Å². The number of benzene rings is 1. The molecular weight excluding hydrogens is 396 g/mol. The van der Waals surface area contributed by atoms with Gasteiger partial charge in [-0.3, -0.25) is 9.59 Å². The second-order valence-electron chi connectivity index (χ2n) is 7.48. The fraction of sp³-hybridized carbons (Fsp3) is 0.600. The Morgan fingerprint density at radius 3 is 2.59 bits per heavy atom. The minimum atomic E-state index is -3.58. The molecule has 0 unspecified atom stereocenters. The first-order valence-corrected chi connectivity index (χ1v) is 11.4. The molecule has 1 aromatic carbocycles. The number of rotatable bonds is 7. The van der Waals surface area contributed by atoms with Gasteiger partial charge < -0.3 is 19.3 Å². The number of hydrogen-bond donors (Lipinski definition) is 0. The van der Waals surface area contributed by atoms with Crippen LogP contribution in [0.2, 0.25) is 0 Å². The molecule has 160 valence electrons. The van der Waals surface area contributed by atoms with E-state index >= 15 is 0 Å². The van der Waals surface area contributed by atoms with Crippen LogP contribution in [0.1, 0.15) is 24.8 Å². The average Bonchev–Trinajstić information content (AvgIpc) is 2.89. The maximum absolute atomic E-state index is 12.8. The lowest BCUT2D eigenvalue weighted by molar-refractivity contribution is -0.135. The normalized spacial score (nSPS) is 20.3. The van der Waals surface area contributed by atoms with Gasteiger partial charge in [0.1, 0.15) is 16.4 Å². The summed E-state index contributed by atoms with van der Waals surface area (Å²) in [5.41, 5.74) is 1.01. The molecule has 2 heterocycles. The van der Waals surface area contributed by atoms with Crippen LogP contribution in [-0.4, -0.2) is 81.1 Å². The predicted octanol–water partition coefficient (Wildman–Crippen LogP) is 0.850. The summed E-state index contributed by atoms with van der Waals surface area (Å²) in [7, 11) is -0.460. The highest BCUT2D eigenvalue weighted by Gasteiger charge is 2.58. The number of ether oxygens (including phenoxy) is 2. The predicted molar refractivity (Wildman–Crippen MR) is 107 cm³/mol. The SMILES string of the molecule is COCCN1C(=O)CS(=O)(=O)C12CCN(C(=O)CCc1cccc(OC)c1)CC2. The highest BCUT2D eigenvalue weighted by Crippen LogP contribution is 2.39. The molecular formula is C20H28N2O6S. The lowest BCUT2D eigenvalue weighted by Gasteiger charge is -2.43. The number of carbonyl (C=O) groups is 2. The summed E-state index contributed by atoms with van der Waals surface area (Å²) in [5, 5.41) is 0. The van der Waals surface area contributed by atoms with Crippen molar-refractivity contribution in [2.24, 2.45) is 0 Å². The Labute approximate surface area is 171 Å². The molecule has 1 spiro atoms. The third-order valence-corrected chi connectivity index (χ3v) is 8.28. The van der Waals surface area contributed by atoms with Crippen molar-refractivity contribution in [3.63, 3.8) is 0 Å². The second-order valence-corrected chi connectivity index (χ2v) is 9.75. The van der Waals surface area contributed by atoms with Crippen LogP contribution < -0.4 is 4.74 Å². The molecule has 1 aromatic rings. The Hall–Kier alpha value is -2.13. The number of likely N-dealkylation sites (tertiary alicyclic amines) is 1. The number of piperidine rings is 1. The molecule has 29 heavy (non-hydrogen) atoms. The Balaban J connectivity index is 1.62. The Kier molecular flexibility index (Phi) is 6.48. The van der Waals surface area contributed by atoms with Crippen LogP contribution in [0.25, 0.3) is 0 Å². The Morgan fingerprint density at radius 2 is 1.93 bits per heavy atom. The van der Waals surface area contributed by atoms with E-state index in [9.17, 15) is 18.0 Å². The van der Waals surface area contributed by atoms with Crippen LogP contribution in [0.5, 0.6) is 5.75 Å². The van der Waals surface area contributed by atoms with E-state index in [4.69, 9.17) is 9.47 Å². The summed E-state index contributed by atoms with van der Waals surface area (Å²) in [6.07, 6.45) is 1.43. The average molecular weight is 425 g/mol. The summed E-state index contributed by atoms with van der Waals surface area (Å²) in [6.45, 7) is 1.18. The minimum absolute atomic E-state index is 0.00664. The van der Waals surface area contributed by atoms with Gasteiger partial charge in [-0.15, -0.1) is 0 Å². The van der Waals surface area contributed by atoms with E-state index in [-0.39, 0.29) is 37.8 Å². The van der Waals surface area contributed by atoms with Crippen LogP contribution in [0.4, 0.5) is 0 Å². The minimum Gasteiger partial charge on any atom is -0.497 e. The number of amides is 2. The summed E-state index contributed by atoms with van der Waals surface area (Å²) < 4.78 is 35.7. The van der Waals surface area contributed by atoms with Crippen molar-refractivity contribution < 1.29 is 27.5 Å². The fourth-order valence-electron chi connectivity index (χ4n) is 4.20. The van der Waals surface area contributed by atoms with Gasteiger partial charge in [-0.05, 0) is 24.1 Å². The van der Waals surface area contributed by atoms with Crippen LogP contribution >= 0.6 is 0 Å². The highest BCUT2D eigenvalue weighted by atomic mass is 32.2. The van der Waals surface area contributed by atoms with Crippen LogP contribution in [0.3, 0.4) is 0 Å². The first-order valence-electron chi connectivity index (χ1n) is 9.75. The lowest BCUT2D eigenvalue weighted by atomic mass is 10.0. The van der Waals surface area contributed by atoms with Crippen LogP contribution in [-0.2, 0) is 30.6 Å². The van der Waals surface area contributed by atoms with Crippen molar-refractivity contribution >= 4 is 21.7 Å². The zero-order chi connectivity index (χ0) is 21.1. The van der Waals surface area contributed by atoms with E-state index in [0.29, 0.717) is 25.9 Å². The first-order chi connectivity index (χ1) is 13.8. The number of nitrogens with zero attached hydrogens (tertiary/aromatic N) is 2. The summed E-state index contributed by atoms with van der Waals surface area (Å²) in [4.78, 5) is 26.9. The molecule has 0 radical (unpaired) electrons. The third-order valence-electron chi connectivity index (χ3n) is 5.86. The van der Waals surface area contributed by atoms with Crippen molar-refractivity contribution in [3.8, 4) is 5.75 Å². The molecule has 2 saturated heterocycles. The quantitative estimate of drug-likeness (QED) is 0.644. The van der Waals surface area contributed by atoms with Crippen molar-refractivity contribution in [3.05, 3.63) is 29.8 Å². The largest absolute Gasteiger partial charge is 0.497 e. The van der Waals surface area contributed by atoms with Crippen molar-refractivity contribution in [1.29, 1.82) is 0 Å². The molecule has 9 heteroatoms. The number of hydrogen-bond acceptors (Lipinski definition) is 6. The van der Waals surface area contributed by atoms with Gasteiger partial charge in [0.2, 0.25) is 11.8 Å². The molecule has 0 N–H and O–H groups in total. The standard InChI is InChI=1S/C20H28N2O6S/c1-27-13-12-22-19(24)15-29(25,26)20(22)8-10-21(11-9-20)18(23)7-6-16-4-3-5-17(14-16)28-2/h3-5,14H,6-13,15H2,1-2H3. The molecule has 8 nitrogen and oxygen atoms in total. The number of carbonyl (C=O) groups excluding carboxylic acids is 2. The molecule has 2 fully saturated rings. The summed E-state index contributed by atoms with van der Waals surface area (Å²) >= 11 is 0. The van der Waals surface area contributed by atoms with Gasteiger partial charge in [0.25, 0.3) is 0 Å². The van der Waals surface area contributed by atoms with E-state index < -0.39 is 20.5 Å². The summed E-state index contributed by atoms with van der Waals surface area (Å²) in [6, 6.07) is 7.60. The smallest absolute Gasteiger partial charge is 0.239 e. The highest BCUT2D eigenvalue weighted by molar-refractivity contribution is 7.93. The molecule has 0 bridgehead atoms. The molecule has 0 saturated carbocycles. The Morgan fingerprint density at radius 1 is 1.21 bits per heavy atom. The van der Waals surface area contributed by atoms with Gasteiger partial charge in [-0.1, -0.05) is 12.1 Å². The maximum Gasteiger partial charge on any atom is 0.239 e. The van der Waals surface area contributed by atoms with Crippen molar-refractivity contribution in [2.75, 3.05) is 46.2 Å². The fourth-order valence-corrected chi connectivity index (χ4v) is 6.29. The molecule has 0 atom stereocenters. The van der Waals surface area contributed by atoms with Gasteiger partial charge in [0.05, 0.1) is 13.7 Å². The van der Waals surface area contributed by atoms with E-state index in [0.717, 1.165) is 11.3 Å². The number of aryl methyl sites for hydroxylation is 1. The van der Waals surface area contributed by atoms with Crippen molar-refractivity contribution in [2.45, 2.75) is 30.6 Å². The lowest BCUT2D eigenvalue weighted by Crippen LogP contribution is -2.57. The monoisotopic (exact) mass is 424 g/mol. The maximum atomic E-state index is 12.8.